The van der Waals surface area contributed by atoms with Crippen LogP contribution in [0, 0.1) is 5.82 Å². The number of aryl methyl sites for hydroxylation is 1. The van der Waals surface area contributed by atoms with Crippen LogP contribution in [0.4, 0.5) is 10.1 Å². The number of aromatic hydroxyl groups is 1. The van der Waals surface area contributed by atoms with E-state index in [1.807, 2.05) is 0 Å². The molecule has 0 spiro atoms. The van der Waals surface area contributed by atoms with E-state index in [0.29, 0.717) is 18.7 Å². The summed E-state index contributed by atoms with van der Waals surface area (Å²) in [6.07, 6.45) is 1.40. The minimum Gasteiger partial charge on any atom is -0.506 e. The Morgan fingerprint density at radius 1 is 1.10 bits per heavy atom. The Labute approximate surface area is 122 Å². The van der Waals surface area contributed by atoms with Gasteiger partial charge in [0, 0.05) is 6.54 Å². The third kappa shape index (κ3) is 2.35. The van der Waals surface area contributed by atoms with Crippen LogP contribution in [-0.2, 0) is 16.4 Å². The lowest BCUT2D eigenvalue weighted by Gasteiger charge is -2.31. The molecule has 4 nitrogen and oxygen atoms in total. The van der Waals surface area contributed by atoms with E-state index < -0.39 is 15.8 Å². The third-order valence-electron chi connectivity index (χ3n) is 3.56. The molecule has 1 aliphatic heterocycles. The van der Waals surface area contributed by atoms with Gasteiger partial charge in [0.25, 0.3) is 10.0 Å². The van der Waals surface area contributed by atoms with Gasteiger partial charge < -0.3 is 5.11 Å². The third-order valence-corrected chi connectivity index (χ3v) is 5.37. The number of hydrogen-bond acceptors (Lipinski definition) is 3. The van der Waals surface area contributed by atoms with Gasteiger partial charge in [-0.15, -0.1) is 0 Å². The summed E-state index contributed by atoms with van der Waals surface area (Å²) in [5.74, 6) is -0.547. The Balaban J connectivity index is 2.12. The fourth-order valence-corrected chi connectivity index (χ4v) is 4.12. The topological polar surface area (TPSA) is 57.6 Å². The average molecular weight is 307 g/mol. The molecule has 110 valence electrons. The number of halogens is 1. The van der Waals surface area contributed by atoms with Gasteiger partial charge in [0.2, 0.25) is 0 Å². The highest BCUT2D eigenvalue weighted by atomic mass is 32.2. The van der Waals surface area contributed by atoms with Crippen molar-refractivity contribution < 1.29 is 17.9 Å². The molecule has 0 amide bonds. The largest absolute Gasteiger partial charge is 0.506 e. The lowest BCUT2D eigenvalue weighted by molar-refractivity contribution is 0.472. The van der Waals surface area contributed by atoms with Crippen LogP contribution >= 0.6 is 0 Å². The number of phenols is 1. The van der Waals surface area contributed by atoms with Crippen LogP contribution in [0.5, 0.6) is 5.75 Å². The number of sulfonamides is 1. The molecule has 0 unspecified atom stereocenters. The van der Waals surface area contributed by atoms with Gasteiger partial charge >= 0.3 is 0 Å². The van der Waals surface area contributed by atoms with Gasteiger partial charge in [-0.2, -0.15) is 0 Å². The van der Waals surface area contributed by atoms with E-state index in [1.165, 1.54) is 22.5 Å². The van der Waals surface area contributed by atoms with Gasteiger partial charge in [-0.3, -0.25) is 4.31 Å². The van der Waals surface area contributed by atoms with Crippen LogP contribution in [0.25, 0.3) is 0 Å². The molecular weight excluding hydrogens is 293 g/mol. The second-order valence-corrected chi connectivity index (χ2v) is 6.78. The Hall–Kier alpha value is -2.08. The zero-order valence-corrected chi connectivity index (χ0v) is 12.0. The highest BCUT2D eigenvalue weighted by Crippen LogP contribution is 2.38. The van der Waals surface area contributed by atoms with E-state index in [1.54, 1.807) is 12.1 Å². The maximum atomic E-state index is 13.0. The molecule has 0 saturated heterocycles. The van der Waals surface area contributed by atoms with E-state index >= 15 is 0 Å². The van der Waals surface area contributed by atoms with Gasteiger partial charge in [-0.05, 0) is 48.7 Å². The molecule has 0 bridgehead atoms. The van der Waals surface area contributed by atoms with Crippen LogP contribution in [0.2, 0.25) is 0 Å². The number of benzene rings is 2. The molecule has 3 rings (SSSR count). The van der Waals surface area contributed by atoms with Crippen molar-refractivity contribution in [3.05, 3.63) is 53.8 Å². The maximum Gasteiger partial charge on any atom is 0.264 e. The minimum absolute atomic E-state index is 0.0139. The number of phenolic OH excluding ortho intramolecular Hbond substituents is 1. The summed E-state index contributed by atoms with van der Waals surface area (Å²) in [5, 5.41) is 10.0. The van der Waals surface area contributed by atoms with E-state index in [2.05, 4.69) is 0 Å². The first kappa shape index (κ1) is 13.9. The Morgan fingerprint density at radius 3 is 2.52 bits per heavy atom. The zero-order valence-electron chi connectivity index (χ0n) is 11.2. The molecule has 1 N–H and O–H groups in total. The molecule has 0 saturated carbocycles. The summed E-state index contributed by atoms with van der Waals surface area (Å²) in [6, 6.07) is 9.67. The summed E-state index contributed by atoms with van der Waals surface area (Å²) in [4.78, 5) is 0.0139. The van der Waals surface area contributed by atoms with Gasteiger partial charge in [0.05, 0.1) is 10.6 Å². The lowest BCUT2D eigenvalue weighted by atomic mass is 10.0. The SMILES string of the molecule is O=S(=O)(c1ccc(F)cc1)N1CCCc2cccc(O)c21. The first-order valence-electron chi connectivity index (χ1n) is 6.59. The Kier molecular flexibility index (Phi) is 3.33. The van der Waals surface area contributed by atoms with Crippen molar-refractivity contribution in [2.45, 2.75) is 17.7 Å². The standard InChI is InChI=1S/C15H14FNO3S/c16-12-6-8-13(9-7-12)21(19,20)17-10-2-4-11-3-1-5-14(18)15(11)17/h1,3,5-9,18H,2,4,10H2. The number of nitrogens with zero attached hydrogens (tertiary/aromatic N) is 1. The molecule has 0 aromatic heterocycles. The van der Waals surface area contributed by atoms with Crippen molar-refractivity contribution in [3.8, 4) is 5.75 Å². The van der Waals surface area contributed by atoms with Crippen molar-refractivity contribution in [1.29, 1.82) is 0 Å². The second-order valence-electron chi connectivity index (χ2n) is 4.92. The maximum absolute atomic E-state index is 13.0. The number of fused-ring (bicyclic) bond motifs is 1. The molecule has 0 aliphatic carbocycles. The summed E-state index contributed by atoms with van der Waals surface area (Å²) < 4.78 is 39.6. The van der Waals surface area contributed by atoms with Crippen LogP contribution in [-0.4, -0.2) is 20.1 Å². The molecule has 0 radical (unpaired) electrons. The van der Waals surface area contributed by atoms with Gasteiger partial charge in [-0.25, -0.2) is 12.8 Å². The normalized spacial score (nSPS) is 14.8. The number of para-hydroxylation sites is 1. The van der Waals surface area contributed by atoms with E-state index in [4.69, 9.17) is 0 Å². The molecule has 2 aromatic rings. The monoisotopic (exact) mass is 307 g/mol. The summed E-state index contributed by atoms with van der Waals surface area (Å²) >= 11 is 0. The predicted octanol–water partition coefficient (Wildman–Crippen LogP) is 2.67. The van der Waals surface area contributed by atoms with Crippen molar-refractivity contribution >= 4 is 15.7 Å². The van der Waals surface area contributed by atoms with Crippen molar-refractivity contribution in [2.75, 3.05) is 10.8 Å². The van der Waals surface area contributed by atoms with E-state index in [-0.39, 0.29) is 10.6 Å². The van der Waals surface area contributed by atoms with Crippen molar-refractivity contribution in [3.63, 3.8) is 0 Å². The quantitative estimate of drug-likeness (QED) is 0.928. The highest BCUT2D eigenvalue weighted by Gasteiger charge is 2.31. The molecular formula is C15H14FNO3S. The van der Waals surface area contributed by atoms with Crippen LogP contribution < -0.4 is 4.31 Å². The number of anilines is 1. The minimum atomic E-state index is -3.81. The zero-order chi connectivity index (χ0) is 15.0. The average Bonchev–Trinajstić information content (AvgIpc) is 2.47. The van der Waals surface area contributed by atoms with Gasteiger partial charge in [0.15, 0.2) is 0 Å². The summed E-state index contributed by atoms with van der Waals surface area (Å²) in [6.45, 7) is 0.296. The van der Waals surface area contributed by atoms with Crippen molar-refractivity contribution in [1.82, 2.24) is 0 Å². The van der Waals surface area contributed by atoms with Crippen molar-refractivity contribution in [2.24, 2.45) is 0 Å². The van der Waals surface area contributed by atoms with Crippen LogP contribution in [0.15, 0.2) is 47.4 Å². The molecule has 6 heteroatoms. The van der Waals surface area contributed by atoms with Gasteiger partial charge in [0.1, 0.15) is 11.6 Å². The van der Waals surface area contributed by atoms with E-state index in [9.17, 15) is 17.9 Å². The van der Waals surface area contributed by atoms with Gasteiger partial charge in [-0.1, -0.05) is 12.1 Å². The highest BCUT2D eigenvalue weighted by molar-refractivity contribution is 7.92. The molecule has 2 aromatic carbocycles. The molecule has 1 heterocycles. The Morgan fingerprint density at radius 2 is 1.81 bits per heavy atom. The first-order chi connectivity index (χ1) is 10.00. The molecule has 21 heavy (non-hydrogen) atoms. The van der Waals surface area contributed by atoms with E-state index in [0.717, 1.165) is 24.1 Å². The summed E-state index contributed by atoms with van der Waals surface area (Å²) in [7, 11) is -3.81. The molecule has 0 fully saturated rings. The first-order valence-corrected chi connectivity index (χ1v) is 8.03. The fourth-order valence-electron chi connectivity index (χ4n) is 2.57. The molecule has 0 atom stereocenters. The second kappa shape index (κ2) is 5.04. The number of rotatable bonds is 2. The Bertz CT molecular complexity index is 772. The fraction of sp³-hybridized carbons (Fsp3) is 0.200. The number of hydrogen-bond donors (Lipinski definition) is 1. The van der Waals surface area contributed by atoms with Crippen LogP contribution in [0.3, 0.4) is 0 Å². The molecule has 1 aliphatic rings. The predicted molar refractivity (Wildman–Crippen MR) is 77.4 cm³/mol. The van der Waals surface area contributed by atoms with Crippen LogP contribution in [0.1, 0.15) is 12.0 Å². The summed E-state index contributed by atoms with van der Waals surface area (Å²) in [5.41, 5.74) is 1.13. The smallest absolute Gasteiger partial charge is 0.264 e. The lowest BCUT2D eigenvalue weighted by Crippen LogP contribution is -2.35.